The Balaban J connectivity index is 3.47. The Morgan fingerprint density at radius 1 is 1.33 bits per heavy atom. The summed E-state index contributed by atoms with van der Waals surface area (Å²) in [4.78, 5) is 21.6. The van der Waals surface area contributed by atoms with Gasteiger partial charge >= 0.3 is 5.97 Å². The van der Waals surface area contributed by atoms with Crippen molar-refractivity contribution in [3.63, 3.8) is 0 Å². The van der Waals surface area contributed by atoms with Crippen molar-refractivity contribution in [3.8, 4) is 11.5 Å². The lowest BCUT2D eigenvalue weighted by Gasteiger charge is -2.10. The Labute approximate surface area is 86.2 Å². The van der Waals surface area contributed by atoms with Crippen LogP contribution in [-0.2, 0) is 0 Å². The first-order valence-electron chi connectivity index (χ1n) is 4.09. The number of methoxy groups -OCH3 is 2. The highest BCUT2D eigenvalue weighted by Crippen LogP contribution is 2.30. The van der Waals surface area contributed by atoms with Crippen LogP contribution in [-0.4, -0.2) is 31.6 Å². The van der Waals surface area contributed by atoms with Gasteiger partial charge in [-0.25, -0.2) is 4.79 Å². The Morgan fingerprint density at radius 3 is 2.40 bits per heavy atom. The summed E-state index contributed by atoms with van der Waals surface area (Å²) in [5.74, 6) is -0.860. The van der Waals surface area contributed by atoms with E-state index in [9.17, 15) is 9.59 Å². The van der Waals surface area contributed by atoms with Crippen LogP contribution in [0.1, 0.15) is 20.7 Å². The fourth-order valence-electron chi connectivity index (χ4n) is 1.26. The fraction of sp³-hybridized carbons (Fsp3) is 0.200. The van der Waals surface area contributed by atoms with Gasteiger partial charge in [0, 0.05) is 0 Å². The highest BCUT2D eigenvalue weighted by Gasteiger charge is 2.18. The highest BCUT2D eigenvalue weighted by molar-refractivity contribution is 5.96. The van der Waals surface area contributed by atoms with Crippen LogP contribution in [0.25, 0.3) is 0 Å². The molecule has 0 aliphatic rings. The molecule has 0 saturated carbocycles. The average Bonchev–Trinajstić information content (AvgIpc) is 2.26. The van der Waals surface area contributed by atoms with Crippen molar-refractivity contribution in [1.82, 2.24) is 0 Å². The second-order valence-corrected chi connectivity index (χ2v) is 2.69. The van der Waals surface area contributed by atoms with E-state index in [-0.39, 0.29) is 22.6 Å². The van der Waals surface area contributed by atoms with Crippen molar-refractivity contribution in [2.45, 2.75) is 0 Å². The third kappa shape index (κ3) is 1.90. The van der Waals surface area contributed by atoms with Gasteiger partial charge in [-0.3, -0.25) is 4.79 Å². The zero-order valence-electron chi connectivity index (χ0n) is 8.31. The zero-order chi connectivity index (χ0) is 11.4. The van der Waals surface area contributed by atoms with Gasteiger partial charge < -0.3 is 14.6 Å². The summed E-state index contributed by atoms with van der Waals surface area (Å²) in [6.45, 7) is 0. The topological polar surface area (TPSA) is 72.8 Å². The van der Waals surface area contributed by atoms with Gasteiger partial charge in [0.05, 0.1) is 19.8 Å². The number of hydrogen-bond donors (Lipinski definition) is 1. The van der Waals surface area contributed by atoms with Crippen LogP contribution in [0.2, 0.25) is 0 Å². The van der Waals surface area contributed by atoms with Gasteiger partial charge in [-0.15, -0.1) is 0 Å². The van der Waals surface area contributed by atoms with Crippen LogP contribution >= 0.6 is 0 Å². The summed E-state index contributed by atoms with van der Waals surface area (Å²) in [5.41, 5.74) is 0.0281. The number of hydrogen-bond acceptors (Lipinski definition) is 4. The number of carboxylic acid groups (broad SMARTS) is 1. The normalized spacial score (nSPS) is 9.47. The monoisotopic (exact) mass is 210 g/mol. The minimum atomic E-state index is -1.15. The molecule has 1 aromatic rings. The molecule has 0 amide bonds. The SMILES string of the molecule is COc1ccc(C(=O)O)c(OC)c1C=O. The molecule has 5 heteroatoms. The number of carbonyl (C=O) groups excluding carboxylic acids is 1. The molecule has 0 aliphatic carbocycles. The lowest BCUT2D eigenvalue weighted by atomic mass is 10.1. The van der Waals surface area contributed by atoms with E-state index in [4.69, 9.17) is 14.6 Å². The molecule has 1 N–H and O–H groups in total. The van der Waals surface area contributed by atoms with Gasteiger partial charge in [-0.1, -0.05) is 0 Å². The number of ether oxygens (including phenoxy) is 2. The van der Waals surface area contributed by atoms with Gasteiger partial charge in [0.2, 0.25) is 0 Å². The summed E-state index contributed by atoms with van der Waals surface area (Å²) >= 11 is 0. The lowest BCUT2D eigenvalue weighted by Crippen LogP contribution is -2.04. The third-order valence-corrected chi connectivity index (χ3v) is 1.93. The molecule has 0 aliphatic heterocycles. The molecule has 0 atom stereocenters. The van der Waals surface area contributed by atoms with E-state index in [1.54, 1.807) is 0 Å². The molecule has 0 unspecified atom stereocenters. The maximum atomic E-state index is 10.8. The lowest BCUT2D eigenvalue weighted by molar-refractivity contribution is 0.0693. The van der Waals surface area contributed by atoms with Crippen LogP contribution < -0.4 is 9.47 Å². The third-order valence-electron chi connectivity index (χ3n) is 1.93. The molecule has 0 aromatic heterocycles. The van der Waals surface area contributed by atoms with Crippen molar-refractivity contribution < 1.29 is 24.2 Å². The average molecular weight is 210 g/mol. The molecule has 5 nitrogen and oxygen atoms in total. The van der Waals surface area contributed by atoms with E-state index in [2.05, 4.69) is 0 Å². The number of aromatic carboxylic acids is 1. The van der Waals surface area contributed by atoms with E-state index in [0.717, 1.165) is 0 Å². The second-order valence-electron chi connectivity index (χ2n) is 2.69. The molecular formula is C10H10O5. The van der Waals surface area contributed by atoms with E-state index < -0.39 is 5.97 Å². The first kappa shape index (κ1) is 11.0. The minimum absolute atomic E-state index is 0.0110. The van der Waals surface area contributed by atoms with Crippen LogP contribution in [0, 0.1) is 0 Å². The maximum absolute atomic E-state index is 10.8. The molecule has 15 heavy (non-hydrogen) atoms. The van der Waals surface area contributed by atoms with Gasteiger partial charge in [0.15, 0.2) is 6.29 Å². The molecule has 1 rings (SSSR count). The van der Waals surface area contributed by atoms with E-state index >= 15 is 0 Å². The van der Waals surface area contributed by atoms with Crippen molar-refractivity contribution in [3.05, 3.63) is 23.3 Å². The molecule has 80 valence electrons. The zero-order valence-corrected chi connectivity index (χ0v) is 8.31. The molecule has 1 aromatic carbocycles. The van der Waals surface area contributed by atoms with Gasteiger partial charge in [0.1, 0.15) is 17.1 Å². The molecule has 0 heterocycles. The first-order valence-corrected chi connectivity index (χ1v) is 4.09. The highest BCUT2D eigenvalue weighted by atomic mass is 16.5. The molecule has 0 spiro atoms. The number of benzene rings is 1. The molecule has 0 bridgehead atoms. The smallest absolute Gasteiger partial charge is 0.339 e. The molecule has 0 saturated heterocycles. The van der Waals surface area contributed by atoms with Crippen LogP contribution in [0.5, 0.6) is 11.5 Å². The predicted octanol–water partition coefficient (Wildman–Crippen LogP) is 1.21. The van der Waals surface area contributed by atoms with Crippen molar-refractivity contribution in [1.29, 1.82) is 0 Å². The summed E-state index contributed by atoms with van der Waals surface area (Å²) in [6.07, 6.45) is 0.504. The second kappa shape index (κ2) is 4.45. The van der Waals surface area contributed by atoms with E-state index in [1.165, 1.54) is 26.4 Å². The number of carboxylic acids is 1. The van der Waals surface area contributed by atoms with Crippen molar-refractivity contribution >= 4 is 12.3 Å². The fourth-order valence-corrected chi connectivity index (χ4v) is 1.26. The van der Waals surface area contributed by atoms with Crippen LogP contribution in [0.3, 0.4) is 0 Å². The summed E-state index contributed by atoms with van der Waals surface area (Å²) in [5, 5.41) is 8.84. The number of rotatable bonds is 4. The Bertz CT molecular complexity index is 397. The number of aldehydes is 1. The Kier molecular flexibility index (Phi) is 3.28. The predicted molar refractivity (Wildman–Crippen MR) is 51.9 cm³/mol. The molecule has 0 radical (unpaired) electrons. The van der Waals surface area contributed by atoms with Gasteiger partial charge in [-0.05, 0) is 12.1 Å². The van der Waals surface area contributed by atoms with Crippen LogP contribution in [0.15, 0.2) is 12.1 Å². The molecular weight excluding hydrogens is 200 g/mol. The van der Waals surface area contributed by atoms with E-state index in [0.29, 0.717) is 6.29 Å². The minimum Gasteiger partial charge on any atom is -0.496 e. The van der Waals surface area contributed by atoms with Crippen molar-refractivity contribution in [2.75, 3.05) is 14.2 Å². The van der Waals surface area contributed by atoms with Gasteiger partial charge in [0.25, 0.3) is 0 Å². The van der Waals surface area contributed by atoms with Crippen LogP contribution in [0.4, 0.5) is 0 Å². The first-order chi connectivity index (χ1) is 7.15. The summed E-state index contributed by atoms with van der Waals surface area (Å²) in [6, 6.07) is 2.74. The summed E-state index contributed by atoms with van der Waals surface area (Å²) in [7, 11) is 2.69. The summed E-state index contributed by atoms with van der Waals surface area (Å²) < 4.78 is 9.79. The van der Waals surface area contributed by atoms with Gasteiger partial charge in [-0.2, -0.15) is 0 Å². The number of carbonyl (C=O) groups is 2. The van der Waals surface area contributed by atoms with E-state index in [1.807, 2.05) is 0 Å². The molecule has 0 fully saturated rings. The van der Waals surface area contributed by atoms with Crippen molar-refractivity contribution in [2.24, 2.45) is 0 Å². The standard InChI is InChI=1S/C10H10O5/c1-14-8-4-3-6(10(12)13)9(15-2)7(8)5-11/h3-5H,1-2H3,(H,12,13). The maximum Gasteiger partial charge on any atom is 0.339 e. The largest absolute Gasteiger partial charge is 0.496 e. The Morgan fingerprint density at radius 2 is 2.00 bits per heavy atom. The quantitative estimate of drug-likeness (QED) is 0.756. The Hall–Kier alpha value is -2.04.